The van der Waals surface area contributed by atoms with E-state index in [0.717, 1.165) is 53.6 Å². The Labute approximate surface area is 193 Å². The summed E-state index contributed by atoms with van der Waals surface area (Å²) in [6, 6.07) is 12.0. The summed E-state index contributed by atoms with van der Waals surface area (Å²) in [4.78, 5) is 27.3. The van der Waals surface area contributed by atoms with Gasteiger partial charge in [-0.15, -0.1) is 0 Å². The van der Waals surface area contributed by atoms with Crippen molar-refractivity contribution in [2.24, 2.45) is 0 Å². The molecule has 2 unspecified atom stereocenters. The van der Waals surface area contributed by atoms with Gasteiger partial charge in [0.1, 0.15) is 11.3 Å². The lowest BCUT2D eigenvalue weighted by atomic mass is 9.92. The van der Waals surface area contributed by atoms with Gasteiger partial charge in [-0.2, -0.15) is 0 Å². The van der Waals surface area contributed by atoms with Crippen molar-refractivity contribution in [3.05, 3.63) is 63.5 Å². The number of aryl methyl sites for hydroxylation is 3. The minimum atomic E-state index is -0.614. The number of hydrogen-bond acceptors (Lipinski definition) is 5. The summed E-state index contributed by atoms with van der Waals surface area (Å²) in [7, 11) is 0. The number of nitrogens with zero attached hydrogens (tertiary/aromatic N) is 1. The van der Waals surface area contributed by atoms with Crippen LogP contribution in [-0.4, -0.2) is 42.1 Å². The van der Waals surface area contributed by atoms with Crippen molar-refractivity contribution in [2.75, 3.05) is 13.1 Å². The molecule has 1 amide bonds. The van der Waals surface area contributed by atoms with Gasteiger partial charge in [-0.3, -0.25) is 4.79 Å². The Morgan fingerprint density at radius 2 is 1.73 bits per heavy atom. The van der Waals surface area contributed by atoms with Gasteiger partial charge in [-0.1, -0.05) is 17.7 Å². The molecule has 2 aliphatic rings. The molecule has 0 radical (unpaired) electrons. The number of fused-ring (bicyclic) bond motifs is 3. The highest BCUT2D eigenvalue weighted by Gasteiger charge is 2.36. The van der Waals surface area contributed by atoms with Crippen molar-refractivity contribution in [3.63, 3.8) is 0 Å². The van der Waals surface area contributed by atoms with Crippen LogP contribution in [0.25, 0.3) is 22.1 Å². The summed E-state index contributed by atoms with van der Waals surface area (Å²) >= 11 is 0. The smallest absolute Gasteiger partial charge is 0.336 e. The average Bonchev–Trinajstić information content (AvgIpc) is 3.09. The van der Waals surface area contributed by atoms with E-state index in [1.54, 1.807) is 19.1 Å². The molecule has 0 aliphatic carbocycles. The van der Waals surface area contributed by atoms with Crippen molar-refractivity contribution in [3.8, 4) is 16.9 Å². The van der Waals surface area contributed by atoms with E-state index in [-0.39, 0.29) is 5.91 Å². The molecular formula is C27H30N2O4. The number of amides is 1. The van der Waals surface area contributed by atoms with Gasteiger partial charge in [0.05, 0.1) is 0 Å². The van der Waals surface area contributed by atoms with Gasteiger partial charge >= 0.3 is 5.63 Å². The highest BCUT2D eigenvalue weighted by molar-refractivity contribution is 5.95. The topological polar surface area (TPSA) is 71.8 Å². The van der Waals surface area contributed by atoms with Crippen LogP contribution in [-0.2, 0) is 4.79 Å². The Bertz CT molecular complexity index is 1260. The number of likely N-dealkylation sites (tertiary alicyclic amines) is 1. The van der Waals surface area contributed by atoms with Crippen molar-refractivity contribution in [2.45, 2.75) is 58.7 Å². The number of carbonyl (C=O) groups excluding carboxylic acids is 1. The van der Waals surface area contributed by atoms with E-state index in [0.29, 0.717) is 23.4 Å². The maximum Gasteiger partial charge on any atom is 0.336 e. The van der Waals surface area contributed by atoms with Crippen LogP contribution in [0.2, 0.25) is 0 Å². The van der Waals surface area contributed by atoms with Gasteiger partial charge < -0.3 is 19.4 Å². The Kier molecular flexibility index (Phi) is 5.49. The van der Waals surface area contributed by atoms with Crippen LogP contribution in [0.15, 0.2) is 45.6 Å². The fourth-order valence-electron chi connectivity index (χ4n) is 5.52. The van der Waals surface area contributed by atoms with E-state index >= 15 is 0 Å². The number of rotatable bonds is 4. The van der Waals surface area contributed by atoms with E-state index in [2.05, 4.69) is 38.2 Å². The summed E-state index contributed by atoms with van der Waals surface area (Å²) in [6.45, 7) is 9.43. The van der Waals surface area contributed by atoms with Gasteiger partial charge in [0.2, 0.25) is 0 Å². The third kappa shape index (κ3) is 4.15. The molecule has 172 valence electrons. The number of hydrogen-bond donors (Lipinski definition) is 1. The quantitative estimate of drug-likeness (QED) is 0.611. The largest absolute Gasteiger partial charge is 0.481 e. The van der Waals surface area contributed by atoms with Gasteiger partial charge in [-0.05, 0) is 69.4 Å². The fourth-order valence-corrected chi connectivity index (χ4v) is 5.52. The zero-order valence-corrected chi connectivity index (χ0v) is 19.6. The Morgan fingerprint density at radius 1 is 1.06 bits per heavy atom. The zero-order chi connectivity index (χ0) is 23.3. The highest BCUT2D eigenvalue weighted by Crippen LogP contribution is 2.34. The molecule has 2 aliphatic heterocycles. The molecule has 6 heteroatoms. The number of carbonyl (C=O) groups is 1. The maximum absolute atomic E-state index is 13.0. The third-order valence-electron chi connectivity index (χ3n) is 6.85. The van der Waals surface area contributed by atoms with Crippen LogP contribution in [0.3, 0.4) is 0 Å². The first kappa shape index (κ1) is 21.7. The van der Waals surface area contributed by atoms with Gasteiger partial charge in [0.25, 0.3) is 5.91 Å². The second-order valence-electron chi connectivity index (χ2n) is 9.55. The van der Waals surface area contributed by atoms with E-state index in [9.17, 15) is 9.59 Å². The van der Waals surface area contributed by atoms with Crippen LogP contribution in [0.4, 0.5) is 0 Å². The molecular weight excluding hydrogens is 416 g/mol. The molecule has 6 nitrogen and oxygen atoms in total. The molecule has 1 N–H and O–H groups in total. The molecule has 2 bridgehead atoms. The van der Waals surface area contributed by atoms with Gasteiger partial charge in [0.15, 0.2) is 6.10 Å². The maximum atomic E-state index is 13.0. The van der Waals surface area contributed by atoms with E-state index < -0.39 is 11.7 Å². The number of ether oxygens (including phenoxy) is 1. The molecule has 0 spiro atoms. The second kappa shape index (κ2) is 8.34. The lowest BCUT2D eigenvalue weighted by molar-refractivity contribution is -0.139. The first-order chi connectivity index (χ1) is 15.8. The first-order valence-corrected chi connectivity index (χ1v) is 11.7. The van der Waals surface area contributed by atoms with Crippen molar-refractivity contribution in [1.29, 1.82) is 0 Å². The third-order valence-corrected chi connectivity index (χ3v) is 6.85. The van der Waals surface area contributed by atoms with E-state index in [4.69, 9.17) is 9.15 Å². The fraction of sp³-hybridized carbons (Fsp3) is 0.407. The molecule has 2 aromatic carbocycles. The SMILES string of the molecule is Cc1cc(C)c(-c2cc(=O)oc3cc(O[C@H](C)C(=O)N4CC5CCC(C4)N5)ccc23)c(C)c1. The van der Waals surface area contributed by atoms with E-state index in [1.165, 1.54) is 5.56 Å². The van der Waals surface area contributed by atoms with Crippen molar-refractivity contribution < 1.29 is 13.9 Å². The van der Waals surface area contributed by atoms with Crippen LogP contribution in [0.1, 0.15) is 36.5 Å². The summed E-state index contributed by atoms with van der Waals surface area (Å²) in [5, 5.41) is 4.38. The lowest BCUT2D eigenvalue weighted by Gasteiger charge is -2.34. The summed E-state index contributed by atoms with van der Waals surface area (Å²) in [5.74, 6) is 0.508. The van der Waals surface area contributed by atoms with Crippen LogP contribution >= 0.6 is 0 Å². The van der Waals surface area contributed by atoms with E-state index in [1.807, 2.05) is 17.0 Å². The molecule has 3 aromatic rings. The van der Waals surface area contributed by atoms with Crippen molar-refractivity contribution >= 4 is 16.9 Å². The zero-order valence-electron chi connectivity index (χ0n) is 19.6. The summed E-state index contributed by atoms with van der Waals surface area (Å²) in [5.41, 5.74) is 5.36. The number of piperazine rings is 1. The lowest BCUT2D eigenvalue weighted by Crippen LogP contribution is -2.55. The van der Waals surface area contributed by atoms with Gasteiger partial charge in [0, 0.05) is 48.3 Å². The standard InChI is InChI=1S/C27H30N2O4/c1-15-9-16(2)26(17(3)10-15)23-12-25(30)33-24-11-21(7-8-22(23)24)32-18(4)27(31)29-13-19-5-6-20(14-29)28-19/h7-12,18-20,28H,5-6,13-14H2,1-4H3/t18-,19?,20?/m1/s1. The average molecular weight is 447 g/mol. The molecule has 2 fully saturated rings. The Balaban J connectivity index is 1.43. The predicted octanol–water partition coefficient (Wildman–Crippen LogP) is 4.12. The minimum Gasteiger partial charge on any atom is -0.481 e. The number of benzene rings is 2. The van der Waals surface area contributed by atoms with Crippen LogP contribution in [0, 0.1) is 20.8 Å². The molecule has 0 saturated carbocycles. The van der Waals surface area contributed by atoms with Crippen molar-refractivity contribution in [1.82, 2.24) is 10.2 Å². The molecule has 33 heavy (non-hydrogen) atoms. The first-order valence-electron chi connectivity index (χ1n) is 11.7. The van der Waals surface area contributed by atoms with Gasteiger partial charge in [-0.25, -0.2) is 4.79 Å². The second-order valence-corrected chi connectivity index (χ2v) is 9.55. The number of nitrogens with one attached hydrogen (secondary N) is 1. The molecule has 3 atom stereocenters. The summed E-state index contributed by atoms with van der Waals surface area (Å²) in [6.07, 6.45) is 1.63. The normalized spacial score (nSPS) is 20.8. The molecule has 1 aromatic heterocycles. The van der Waals surface area contributed by atoms with Crippen LogP contribution < -0.4 is 15.7 Å². The molecule has 5 rings (SSSR count). The molecule has 2 saturated heterocycles. The summed E-state index contributed by atoms with van der Waals surface area (Å²) < 4.78 is 11.5. The Morgan fingerprint density at radius 3 is 2.39 bits per heavy atom. The van der Waals surface area contributed by atoms with Crippen LogP contribution in [0.5, 0.6) is 5.75 Å². The monoisotopic (exact) mass is 446 g/mol. The highest BCUT2D eigenvalue weighted by atomic mass is 16.5. The molecule has 3 heterocycles. The predicted molar refractivity (Wildman–Crippen MR) is 129 cm³/mol. The minimum absolute atomic E-state index is 0.00500. The Hall–Kier alpha value is -3.12.